The van der Waals surface area contributed by atoms with Crippen molar-refractivity contribution in [2.75, 3.05) is 38.6 Å². The summed E-state index contributed by atoms with van der Waals surface area (Å²) in [6.45, 7) is 3.29. The molecule has 4 aromatic carbocycles. The second-order valence-electron chi connectivity index (χ2n) is 10.3. The monoisotopic (exact) mass is 573 g/mol. The van der Waals surface area contributed by atoms with E-state index in [9.17, 15) is 18.3 Å². The molecule has 2 saturated heterocycles. The van der Waals surface area contributed by atoms with Gasteiger partial charge in [0, 0.05) is 38.8 Å². The van der Waals surface area contributed by atoms with Crippen LogP contribution in [-0.2, 0) is 27.8 Å². The molecule has 2 aliphatic heterocycles. The standard InChI is InChI=1S/C22H27N3O5S.C10H8/c26-21-8-6-18(7-9-21)14-20(25-17-31(25,28)29)15-23-10-12-24(13-11-23)22(27)30-16-19-4-2-1-3-5-19;1-2-6-10-8-4-3-7-9(10)5-1/h1-9,20,26H,10-17H2;1-8H. The average molecular weight is 574 g/mol. The molecule has 2 atom stereocenters. The van der Waals surface area contributed by atoms with Crippen LogP contribution in [0.2, 0.25) is 0 Å². The van der Waals surface area contributed by atoms with E-state index in [0.29, 0.717) is 39.1 Å². The van der Waals surface area contributed by atoms with Crippen LogP contribution in [0.3, 0.4) is 0 Å². The van der Waals surface area contributed by atoms with Gasteiger partial charge in [0.1, 0.15) is 18.2 Å². The Morgan fingerprint density at radius 2 is 1.29 bits per heavy atom. The molecule has 0 saturated carbocycles. The molecule has 6 rings (SSSR count). The summed E-state index contributed by atoms with van der Waals surface area (Å²) < 4.78 is 30.8. The van der Waals surface area contributed by atoms with Gasteiger partial charge in [-0.25, -0.2) is 13.2 Å². The summed E-state index contributed by atoms with van der Waals surface area (Å²) >= 11 is 0. The van der Waals surface area contributed by atoms with Crippen molar-refractivity contribution in [2.45, 2.75) is 19.1 Å². The summed E-state index contributed by atoms with van der Waals surface area (Å²) in [5, 5.41) is 12.1. The van der Waals surface area contributed by atoms with Gasteiger partial charge in [-0.15, -0.1) is 0 Å². The Morgan fingerprint density at radius 1 is 0.756 bits per heavy atom. The van der Waals surface area contributed by atoms with E-state index in [-0.39, 0.29) is 30.4 Å². The van der Waals surface area contributed by atoms with Crippen LogP contribution < -0.4 is 0 Å². The second kappa shape index (κ2) is 13.2. The maximum atomic E-state index is 12.3. The largest absolute Gasteiger partial charge is 0.508 e. The third kappa shape index (κ3) is 8.07. The number of rotatable bonds is 7. The fourth-order valence-corrected chi connectivity index (χ4v) is 6.32. The number of ether oxygens (including phenoxy) is 1. The van der Waals surface area contributed by atoms with Crippen LogP contribution >= 0.6 is 0 Å². The van der Waals surface area contributed by atoms with Crippen LogP contribution in [0.5, 0.6) is 5.75 Å². The zero-order valence-electron chi connectivity index (χ0n) is 22.9. The maximum absolute atomic E-state index is 12.3. The Labute approximate surface area is 241 Å². The molecule has 0 aromatic heterocycles. The fraction of sp³-hybridized carbons (Fsp3) is 0.281. The first-order valence-corrected chi connectivity index (χ1v) is 15.4. The topological polar surface area (TPSA) is 90.2 Å². The van der Waals surface area contributed by atoms with Crippen molar-refractivity contribution in [1.82, 2.24) is 14.1 Å². The Bertz CT molecular complexity index is 1470. The minimum absolute atomic E-state index is 0.0848. The number of aromatic hydroxyl groups is 1. The van der Waals surface area contributed by atoms with Crippen LogP contribution in [0.15, 0.2) is 103 Å². The molecular weight excluding hydrogens is 538 g/mol. The number of fused-ring (bicyclic) bond motifs is 1. The van der Waals surface area contributed by atoms with Crippen molar-refractivity contribution in [3.8, 4) is 5.75 Å². The summed E-state index contributed by atoms with van der Waals surface area (Å²) in [6, 6.07) is 33.0. The Morgan fingerprint density at radius 3 is 1.83 bits per heavy atom. The average Bonchev–Trinajstić information content (AvgIpc) is 3.65. The molecule has 2 fully saturated rings. The third-order valence-corrected chi connectivity index (χ3v) is 8.80. The number of hydrogen-bond donors (Lipinski definition) is 1. The smallest absolute Gasteiger partial charge is 0.410 e. The molecule has 0 spiro atoms. The number of piperazine rings is 1. The summed E-state index contributed by atoms with van der Waals surface area (Å²) in [5.41, 5.74) is 1.93. The zero-order valence-corrected chi connectivity index (χ0v) is 23.7. The predicted octanol–water partition coefficient (Wildman–Crippen LogP) is 4.70. The molecule has 0 radical (unpaired) electrons. The second-order valence-corrected chi connectivity index (χ2v) is 12.2. The number of benzene rings is 4. The maximum Gasteiger partial charge on any atom is 0.410 e. The first kappa shape index (κ1) is 28.6. The number of amides is 1. The molecule has 1 amide bonds. The Balaban J connectivity index is 0.000000282. The van der Waals surface area contributed by atoms with E-state index >= 15 is 0 Å². The molecule has 9 heteroatoms. The van der Waals surface area contributed by atoms with E-state index in [2.05, 4.69) is 53.4 Å². The molecule has 8 nitrogen and oxygen atoms in total. The highest BCUT2D eigenvalue weighted by Crippen LogP contribution is 2.27. The lowest BCUT2D eigenvalue weighted by Crippen LogP contribution is -2.51. The van der Waals surface area contributed by atoms with Crippen molar-refractivity contribution < 1.29 is 23.1 Å². The molecule has 2 unspecified atom stereocenters. The number of phenols is 1. The van der Waals surface area contributed by atoms with Gasteiger partial charge >= 0.3 is 6.09 Å². The van der Waals surface area contributed by atoms with Crippen molar-refractivity contribution >= 4 is 26.9 Å². The lowest BCUT2D eigenvalue weighted by molar-refractivity contribution is 0.0681. The number of carbonyl (C=O) groups excluding carboxylic acids is 1. The number of sulfonamides is 1. The Kier molecular flexibility index (Phi) is 9.18. The molecule has 2 heterocycles. The molecule has 0 aliphatic carbocycles. The van der Waals surface area contributed by atoms with Crippen LogP contribution in [0.4, 0.5) is 4.79 Å². The van der Waals surface area contributed by atoms with E-state index in [1.54, 1.807) is 17.0 Å². The third-order valence-electron chi connectivity index (χ3n) is 7.35. The van der Waals surface area contributed by atoms with Crippen molar-refractivity contribution in [3.63, 3.8) is 0 Å². The van der Waals surface area contributed by atoms with Gasteiger partial charge in [0.15, 0.2) is 0 Å². The molecule has 0 bridgehead atoms. The van der Waals surface area contributed by atoms with Crippen molar-refractivity contribution in [2.24, 2.45) is 0 Å². The summed E-state index contributed by atoms with van der Waals surface area (Å²) in [7, 11) is -3.12. The number of nitrogens with zero attached hydrogens (tertiary/aromatic N) is 3. The van der Waals surface area contributed by atoms with Gasteiger partial charge in [-0.3, -0.25) is 4.90 Å². The summed E-state index contributed by atoms with van der Waals surface area (Å²) in [4.78, 5) is 16.2. The van der Waals surface area contributed by atoms with Crippen LogP contribution in [0, 0.1) is 0 Å². The normalized spacial score (nSPS) is 18.6. The number of phenolic OH excluding ortho intramolecular Hbond substituents is 1. The highest BCUT2D eigenvalue weighted by molar-refractivity contribution is 7.95. The summed E-state index contributed by atoms with van der Waals surface area (Å²) in [5.74, 6) is 0.275. The highest BCUT2D eigenvalue weighted by Gasteiger charge is 2.46. The van der Waals surface area contributed by atoms with Crippen LogP contribution in [0.1, 0.15) is 11.1 Å². The minimum atomic E-state index is -3.12. The first-order valence-electron chi connectivity index (χ1n) is 13.8. The van der Waals surface area contributed by atoms with Crippen molar-refractivity contribution in [1.29, 1.82) is 0 Å². The lowest BCUT2D eigenvalue weighted by Gasteiger charge is -2.36. The highest BCUT2D eigenvalue weighted by atomic mass is 32.2. The van der Waals surface area contributed by atoms with Crippen molar-refractivity contribution in [3.05, 3.63) is 114 Å². The van der Waals surface area contributed by atoms with Gasteiger partial charge in [-0.1, -0.05) is 91.0 Å². The first-order chi connectivity index (χ1) is 19.9. The van der Waals surface area contributed by atoms with Crippen LogP contribution in [0.25, 0.3) is 10.8 Å². The molecule has 1 N–H and O–H groups in total. The molecule has 2 aliphatic rings. The zero-order chi connectivity index (χ0) is 28.7. The lowest BCUT2D eigenvalue weighted by atomic mass is 10.1. The van der Waals surface area contributed by atoms with E-state index in [1.165, 1.54) is 15.1 Å². The molecular formula is C32H35N3O5S. The fourth-order valence-electron chi connectivity index (χ4n) is 4.99. The van der Waals surface area contributed by atoms with Gasteiger partial charge < -0.3 is 14.7 Å². The minimum Gasteiger partial charge on any atom is -0.508 e. The van der Waals surface area contributed by atoms with E-state index < -0.39 is 10.0 Å². The quantitative estimate of drug-likeness (QED) is 0.323. The SMILES string of the molecule is O=C(OCc1ccccc1)N1CCN(CC(Cc2ccc(O)cc2)N2CS2(=O)=O)CC1.c1ccc2ccccc2c1. The van der Waals surface area contributed by atoms with Gasteiger partial charge in [0.25, 0.3) is 0 Å². The Hall–Kier alpha value is -3.92. The van der Waals surface area contributed by atoms with Gasteiger partial charge in [-0.2, -0.15) is 4.31 Å². The van der Waals surface area contributed by atoms with E-state index in [4.69, 9.17) is 4.74 Å². The number of hydrogen-bond acceptors (Lipinski definition) is 6. The van der Waals surface area contributed by atoms with Gasteiger partial charge in [0.2, 0.25) is 10.0 Å². The number of carbonyl (C=O) groups is 1. The predicted molar refractivity (Wildman–Crippen MR) is 160 cm³/mol. The van der Waals surface area contributed by atoms with E-state index in [0.717, 1.165) is 11.1 Å². The van der Waals surface area contributed by atoms with Gasteiger partial charge in [0.05, 0.1) is 0 Å². The van der Waals surface area contributed by atoms with Gasteiger partial charge in [-0.05, 0) is 40.5 Å². The van der Waals surface area contributed by atoms with Crippen LogP contribution in [-0.4, -0.2) is 78.4 Å². The molecule has 214 valence electrons. The van der Waals surface area contributed by atoms with E-state index in [1.807, 2.05) is 42.5 Å². The summed E-state index contributed by atoms with van der Waals surface area (Å²) in [6.07, 6.45) is 0.261. The molecule has 4 aromatic rings. The molecule has 41 heavy (non-hydrogen) atoms.